The van der Waals surface area contributed by atoms with E-state index in [1.54, 1.807) is 0 Å². The molecule has 2 atom stereocenters. The third-order valence-electron chi connectivity index (χ3n) is 7.93. The number of ketones is 1. The summed E-state index contributed by atoms with van der Waals surface area (Å²) >= 11 is 0. The van der Waals surface area contributed by atoms with Gasteiger partial charge in [-0.15, -0.1) is 0 Å². The number of carboxylic acid groups (broad SMARTS) is 1. The molecule has 0 saturated heterocycles. The van der Waals surface area contributed by atoms with Gasteiger partial charge in [0.15, 0.2) is 0 Å². The fourth-order valence-corrected chi connectivity index (χ4v) is 6.65. The normalized spacial score (nSPS) is 27.3. The Hall–Kier alpha value is -3.07. The van der Waals surface area contributed by atoms with Crippen LogP contribution in [0.1, 0.15) is 77.6 Å². The number of Topliss-reactive ketones (excluding diaryl/α,β-unsaturated/α-hetero) is 1. The first-order chi connectivity index (χ1) is 17.1. The minimum absolute atomic E-state index is 0.121. The highest BCUT2D eigenvalue weighted by Crippen LogP contribution is 2.60. The van der Waals surface area contributed by atoms with Crippen LogP contribution in [0.4, 0.5) is 0 Å². The van der Waals surface area contributed by atoms with Gasteiger partial charge in [-0.05, 0) is 82.0 Å². The number of nitrogens with zero attached hydrogens (tertiary/aromatic N) is 2. The van der Waals surface area contributed by atoms with Gasteiger partial charge in [0.1, 0.15) is 12.1 Å². The first kappa shape index (κ1) is 27.5. The molecule has 0 aliphatic heterocycles. The van der Waals surface area contributed by atoms with Gasteiger partial charge in [-0.2, -0.15) is 4.79 Å². The molecule has 0 spiro atoms. The summed E-state index contributed by atoms with van der Waals surface area (Å²) in [6.45, 7) is 1.87. The van der Waals surface area contributed by atoms with E-state index in [1.165, 1.54) is 26.2 Å². The molecule has 3 amide bonds. The Morgan fingerprint density at radius 2 is 1.58 bits per heavy atom. The van der Waals surface area contributed by atoms with Gasteiger partial charge in [-0.1, -0.05) is 0 Å². The number of hydrogen-bond acceptors (Lipinski definition) is 5. The molecule has 0 aromatic heterocycles. The second kappa shape index (κ2) is 12.3. The Labute approximate surface area is 210 Å². The molecule has 11 heteroatoms. The van der Waals surface area contributed by atoms with Gasteiger partial charge in [-0.3, -0.25) is 19.2 Å². The van der Waals surface area contributed by atoms with E-state index in [4.69, 9.17) is 5.53 Å². The standard InChI is InChI=1S/C25H37N5O6/c1-15(31)27-7-3-2-4-20(22(33)29-21(23(34)35)6-5-19(32)14-28-26)30-24(36)25-11-16-8-17(12-25)10-18(9-16)13-25/h14,16-18,20-21H,2-13H2,1H3,(H,27,31)(H,29,33)(H,30,36)(H,34,35). The van der Waals surface area contributed by atoms with Gasteiger partial charge in [0, 0.05) is 25.3 Å². The van der Waals surface area contributed by atoms with E-state index in [1.807, 2.05) is 0 Å². The highest BCUT2D eigenvalue weighted by Gasteiger charge is 2.55. The summed E-state index contributed by atoms with van der Waals surface area (Å²) in [7, 11) is 0. The minimum Gasteiger partial charge on any atom is -0.480 e. The second-order valence-corrected chi connectivity index (χ2v) is 10.9. The SMILES string of the molecule is CC(=O)NCCCCC(NC(=O)C12CC3CC(CC(C3)C1)C2)C(=O)NC(CCC(=O)C=[N+]=[N-])C(=O)O. The summed E-state index contributed by atoms with van der Waals surface area (Å²) in [5, 5.41) is 17.7. The third-order valence-corrected chi connectivity index (χ3v) is 7.93. The molecule has 11 nitrogen and oxygen atoms in total. The molecule has 198 valence electrons. The molecular formula is C25H37N5O6. The first-order valence-corrected chi connectivity index (χ1v) is 12.9. The summed E-state index contributed by atoms with van der Waals surface area (Å²) in [4.78, 5) is 63.7. The Kier molecular flexibility index (Phi) is 9.37. The average Bonchev–Trinajstić information content (AvgIpc) is 2.79. The number of carboxylic acids is 1. The lowest BCUT2D eigenvalue weighted by Crippen LogP contribution is -2.58. The van der Waals surface area contributed by atoms with E-state index < -0.39 is 35.2 Å². The lowest BCUT2D eigenvalue weighted by Gasteiger charge is -2.55. The summed E-state index contributed by atoms with van der Waals surface area (Å²) in [5.74, 6) is -1.07. The fourth-order valence-electron chi connectivity index (χ4n) is 6.65. The highest BCUT2D eigenvalue weighted by atomic mass is 16.4. The van der Waals surface area contributed by atoms with Crippen LogP contribution in [-0.4, -0.2) is 64.2 Å². The first-order valence-electron chi connectivity index (χ1n) is 12.9. The number of nitrogens with one attached hydrogen (secondary N) is 3. The van der Waals surface area contributed by atoms with Crippen LogP contribution in [0.5, 0.6) is 0 Å². The molecule has 2 unspecified atom stereocenters. The van der Waals surface area contributed by atoms with Gasteiger partial charge in [-0.25, -0.2) is 4.79 Å². The molecule has 4 N–H and O–H groups in total. The molecule has 4 fully saturated rings. The molecule has 0 aromatic rings. The van der Waals surface area contributed by atoms with Gasteiger partial charge >= 0.3 is 12.2 Å². The average molecular weight is 504 g/mol. The van der Waals surface area contributed by atoms with Crippen molar-refractivity contribution in [3.8, 4) is 0 Å². The molecule has 4 saturated carbocycles. The number of unbranched alkanes of at least 4 members (excludes halogenated alkanes) is 1. The van der Waals surface area contributed by atoms with Crippen molar-refractivity contribution in [1.82, 2.24) is 16.0 Å². The Balaban J connectivity index is 1.65. The predicted molar refractivity (Wildman–Crippen MR) is 129 cm³/mol. The van der Waals surface area contributed by atoms with E-state index in [0.29, 0.717) is 49.8 Å². The summed E-state index contributed by atoms with van der Waals surface area (Å²) in [6, 6.07) is -2.24. The van der Waals surface area contributed by atoms with Crippen LogP contribution in [0.15, 0.2) is 0 Å². The van der Waals surface area contributed by atoms with Gasteiger partial charge in [0.25, 0.3) is 0 Å². The van der Waals surface area contributed by atoms with Crippen molar-refractivity contribution in [3.05, 3.63) is 5.53 Å². The van der Waals surface area contributed by atoms with Gasteiger partial charge < -0.3 is 26.6 Å². The Morgan fingerprint density at radius 1 is 0.972 bits per heavy atom. The van der Waals surface area contributed by atoms with E-state index in [9.17, 15) is 29.1 Å². The molecule has 36 heavy (non-hydrogen) atoms. The van der Waals surface area contributed by atoms with Gasteiger partial charge in [0.05, 0.1) is 0 Å². The lowest BCUT2D eigenvalue weighted by molar-refractivity contribution is -0.149. The monoisotopic (exact) mass is 503 g/mol. The third kappa shape index (κ3) is 7.22. The lowest BCUT2D eigenvalue weighted by atomic mass is 9.49. The maximum atomic E-state index is 13.5. The van der Waals surface area contributed by atoms with E-state index in [2.05, 4.69) is 20.7 Å². The summed E-state index contributed by atoms with van der Waals surface area (Å²) in [6.07, 6.45) is 7.80. The molecule has 0 heterocycles. The zero-order valence-corrected chi connectivity index (χ0v) is 20.8. The van der Waals surface area contributed by atoms with Crippen LogP contribution in [0.2, 0.25) is 0 Å². The number of carbonyl (C=O) groups excluding carboxylic acids is 4. The molecular weight excluding hydrogens is 466 g/mol. The molecule has 0 radical (unpaired) electrons. The van der Waals surface area contributed by atoms with E-state index in [0.717, 1.165) is 19.3 Å². The van der Waals surface area contributed by atoms with Crippen LogP contribution in [0.25, 0.3) is 5.53 Å². The van der Waals surface area contributed by atoms with Crippen molar-refractivity contribution >= 4 is 35.7 Å². The predicted octanol–water partition coefficient (Wildman–Crippen LogP) is 1.21. The maximum absolute atomic E-state index is 13.5. The molecule has 4 bridgehead atoms. The summed E-state index contributed by atoms with van der Waals surface area (Å²) < 4.78 is 0. The van der Waals surface area contributed by atoms with Crippen LogP contribution >= 0.6 is 0 Å². The molecule has 0 aromatic carbocycles. The van der Waals surface area contributed by atoms with Crippen LogP contribution in [-0.2, 0) is 24.0 Å². The van der Waals surface area contributed by atoms with Crippen molar-refractivity contribution in [3.63, 3.8) is 0 Å². The number of carbonyl (C=O) groups is 5. The van der Waals surface area contributed by atoms with Crippen molar-refractivity contribution in [2.45, 2.75) is 89.6 Å². The quantitative estimate of drug-likeness (QED) is 0.120. The fraction of sp³-hybridized carbons (Fsp3) is 0.760. The number of rotatable bonds is 14. The van der Waals surface area contributed by atoms with Crippen LogP contribution in [0, 0.1) is 23.2 Å². The maximum Gasteiger partial charge on any atom is 0.326 e. The van der Waals surface area contributed by atoms with Crippen LogP contribution < -0.4 is 16.0 Å². The van der Waals surface area contributed by atoms with Crippen molar-refractivity contribution < 1.29 is 33.9 Å². The number of amides is 3. The van der Waals surface area contributed by atoms with E-state index >= 15 is 0 Å². The topological polar surface area (TPSA) is 178 Å². The zero-order valence-electron chi connectivity index (χ0n) is 20.8. The molecule has 4 aliphatic carbocycles. The summed E-state index contributed by atoms with van der Waals surface area (Å²) in [5.41, 5.74) is 8.00. The van der Waals surface area contributed by atoms with Crippen molar-refractivity contribution in [2.24, 2.45) is 23.2 Å². The highest BCUT2D eigenvalue weighted by molar-refractivity contribution is 6.25. The largest absolute Gasteiger partial charge is 0.480 e. The van der Waals surface area contributed by atoms with Crippen LogP contribution in [0.3, 0.4) is 0 Å². The van der Waals surface area contributed by atoms with Crippen molar-refractivity contribution in [2.75, 3.05) is 6.54 Å². The number of aliphatic carboxylic acids is 1. The van der Waals surface area contributed by atoms with Crippen molar-refractivity contribution in [1.29, 1.82) is 0 Å². The second-order valence-electron chi connectivity index (χ2n) is 10.9. The zero-order chi connectivity index (χ0) is 26.3. The number of hydrogen-bond donors (Lipinski definition) is 4. The molecule has 4 rings (SSSR count). The van der Waals surface area contributed by atoms with Gasteiger partial charge in [0.2, 0.25) is 23.5 Å². The Bertz CT molecular complexity index is 893. The Morgan fingerprint density at radius 3 is 2.11 bits per heavy atom. The molecule has 4 aliphatic rings. The smallest absolute Gasteiger partial charge is 0.326 e. The van der Waals surface area contributed by atoms with E-state index in [-0.39, 0.29) is 24.7 Å². The minimum atomic E-state index is -1.33.